The second-order valence-corrected chi connectivity index (χ2v) is 6.35. The fourth-order valence-electron chi connectivity index (χ4n) is 2.26. The van der Waals surface area contributed by atoms with E-state index in [0.29, 0.717) is 21.6 Å². The average molecular weight is 398 g/mol. The molecule has 0 spiro atoms. The van der Waals surface area contributed by atoms with E-state index < -0.39 is 5.91 Å². The van der Waals surface area contributed by atoms with Crippen LogP contribution in [-0.2, 0) is 11.3 Å². The zero-order valence-corrected chi connectivity index (χ0v) is 14.9. The molecule has 0 aliphatic heterocycles. The van der Waals surface area contributed by atoms with Crippen LogP contribution in [0.4, 0.5) is 5.69 Å². The Morgan fingerprint density at radius 1 is 1.12 bits per heavy atom. The van der Waals surface area contributed by atoms with E-state index in [1.807, 2.05) is 0 Å². The lowest BCUT2D eigenvalue weighted by atomic mass is 10.2. The number of hydrazine groups is 1. The van der Waals surface area contributed by atoms with Gasteiger partial charge in [-0.15, -0.1) is 0 Å². The number of rotatable bonds is 4. The van der Waals surface area contributed by atoms with Crippen LogP contribution in [0, 0.1) is 0 Å². The Morgan fingerprint density at radius 2 is 1.80 bits per heavy atom. The third-order valence-electron chi connectivity index (χ3n) is 3.39. The monoisotopic (exact) mass is 396 g/mol. The highest BCUT2D eigenvalue weighted by molar-refractivity contribution is 6.41. The lowest BCUT2D eigenvalue weighted by molar-refractivity contribution is -0.121. The Labute approximate surface area is 157 Å². The van der Waals surface area contributed by atoms with Crippen molar-refractivity contribution in [2.45, 2.75) is 6.54 Å². The van der Waals surface area contributed by atoms with Gasteiger partial charge < -0.3 is 0 Å². The highest BCUT2D eigenvalue weighted by Gasteiger charge is 2.11. The molecule has 9 heteroatoms. The summed E-state index contributed by atoms with van der Waals surface area (Å²) in [5.41, 5.74) is 5.84. The minimum Gasteiger partial charge on any atom is -0.296 e. The maximum absolute atomic E-state index is 12.2. The average Bonchev–Trinajstić information content (AvgIpc) is 2.57. The molecule has 0 bridgehead atoms. The van der Waals surface area contributed by atoms with Crippen LogP contribution in [0.3, 0.4) is 0 Å². The molecule has 0 aliphatic rings. The summed E-state index contributed by atoms with van der Waals surface area (Å²) in [6, 6.07) is 9.92. The molecule has 3 rings (SSSR count). The number of hydrogen-bond acceptors (Lipinski definition) is 4. The summed E-state index contributed by atoms with van der Waals surface area (Å²) in [6.45, 7) is -0.101. The molecule has 0 atom stereocenters. The number of aromatic nitrogens is 2. The van der Waals surface area contributed by atoms with E-state index in [9.17, 15) is 9.59 Å². The van der Waals surface area contributed by atoms with Gasteiger partial charge in [0.25, 0.3) is 5.91 Å². The summed E-state index contributed by atoms with van der Waals surface area (Å²) in [4.78, 5) is 24.0. The predicted octanol–water partition coefficient (Wildman–Crippen LogP) is 3.50. The second-order valence-electron chi connectivity index (χ2n) is 5.10. The number of nitrogens with zero attached hydrogens (tertiary/aromatic N) is 2. The fraction of sp³-hybridized carbons (Fsp3) is 0.0625. The maximum Gasteiger partial charge on any atom is 0.260 e. The largest absolute Gasteiger partial charge is 0.296 e. The van der Waals surface area contributed by atoms with Crippen LogP contribution in [0.25, 0.3) is 10.9 Å². The summed E-state index contributed by atoms with van der Waals surface area (Å²) >= 11 is 17.9. The number of amides is 1. The van der Waals surface area contributed by atoms with Crippen molar-refractivity contribution in [3.63, 3.8) is 0 Å². The number of nitrogens with one attached hydrogen (secondary N) is 2. The van der Waals surface area contributed by atoms with Gasteiger partial charge in [0, 0.05) is 10.4 Å². The van der Waals surface area contributed by atoms with Crippen molar-refractivity contribution in [1.82, 2.24) is 15.2 Å². The minimum absolute atomic E-state index is 0.101. The maximum atomic E-state index is 12.2. The van der Waals surface area contributed by atoms with Crippen LogP contribution < -0.4 is 16.3 Å². The van der Waals surface area contributed by atoms with E-state index in [1.54, 1.807) is 24.3 Å². The Balaban J connectivity index is 1.76. The summed E-state index contributed by atoms with van der Waals surface area (Å²) in [5.74, 6) is -0.400. The summed E-state index contributed by atoms with van der Waals surface area (Å²) in [5, 5.41) is 5.40. The highest BCUT2D eigenvalue weighted by Crippen LogP contribution is 2.33. The molecule has 0 saturated heterocycles. The molecule has 1 heterocycles. The van der Waals surface area contributed by atoms with Gasteiger partial charge in [0.15, 0.2) is 0 Å². The normalized spacial score (nSPS) is 10.7. The Morgan fingerprint density at radius 3 is 2.52 bits per heavy atom. The molecule has 0 unspecified atom stereocenters. The molecule has 2 aromatic carbocycles. The second kappa shape index (κ2) is 7.31. The van der Waals surface area contributed by atoms with Gasteiger partial charge in [-0.25, -0.2) is 0 Å². The molecular weight excluding hydrogens is 387 g/mol. The van der Waals surface area contributed by atoms with E-state index >= 15 is 0 Å². The van der Waals surface area contributed by atoms with E-state index in [2.05, 4.69) is 16.0 Å². The van der Waals surface area contributed by atoms with Crippen LogP contribution in [-0.4, -0.2) is 15.7 Å². The first-order valence-electron chi connectivity index (χ1n) is 7.10. The quantitative estimate of drug-likeness (QED) is 0.661. The van der Waals surface area contributed by atoms with Crippen molar-refractivity contribution >= 4 is 57.3 Å². The van der Waals surface area contributed by atoms with Gasteiger partial charge in [-0.3, -0.25) is 25.1 Å². The third-order valence-corrected chi connectivity index (χ3v) is 4.20. The van der Waals surface area contributed by atoms with Crippen LogP contribution in [0.5, 0.6) is 0 Å². The SMILES string of the molecule is O=C(Cn1ncc(=O)c2ccccc21)NNc1c(Cl)cc(Cl)cc1Cl. The molecule has 6 nitrogen and oxygen atoms in total. The van der Waals surface area contributed by atoms with Crippen LogP contribution in [0.15, 0.2) is 47.4 Å². The van der Waals surface area contributed by atoms with Crippen LogP contribution in [0.1, 0.15) is 0 Å². The predicted molar refractivity (Wildman–Crippen MR) is 99.2 cm³/mol. The number of fused-ring (bicyclic) bond motifs is 1. The molecule has 128 valence electrons. The van der Waals surface area contributed by atoms with Gasteiger partial charge in [0.2, 0.25) is 5.43 Å². The number of benzene rings is 2. The number of anilines is 1. The van der Waals surface area contributed by atoms with Crippen LogP contribution in [0.2, 0.25) is 15.1 Å². The molecule has 25 heavy (non-hydrogen) atoms. The first-order chi connectivity index (χ1) is 12.0. The molecule has 3 aromatic rings. The molecule has 0 aliphatic carbocycles. The minimum atomic E-state index is -0.400. The number of carbonyl (C=O) groups is 1. The number of halogens is 3. The number of carbonyl (C=O) groups excluding carboxylic acids is 1. The van der Waals surface area contributed by atoms with Crippen molar-refractivity contribution in [3.8, 4) is 0 Å². The van der Waals surface area contributed by atoms with Gasteiger partial charge in [-0.2, -0.15) is 5.10 Å². The van der Waals surface area contributed by atoms with Gasteiger partial charge in [-0.1, -0.05) is 46.9 Å². The molecule has 0 saturated carbocycles. The number of para-hydroxylation sites is 1. The fourth-order valence-corrected chi connectivity index (χ4v) is 3.17. The topological polar surface area (TPSA) is 76.0 Å². The summed E-state index contributed by atoms with van der Waals surface area (Å²) in [7, 11) is 0. The molecule has 0 radical (unpaired) electrons. The summed E-state index contributed by atoms with van der Waals surface area (Å²) in [6.07, 6.45) is 1.18. The van der Waals surface area contributed by atoms with E-state index in [4.69, 9.17) is 34.8 Å². The van der Waals surface area contributed by atoms with E-state index in [0.717, 1.165) is 0 Å². The Kier molecular flexibility index (Phi) is 5.13. The first kappa shape index (κ1) is 17.5. The van der Waals surface area contributed by atoms with Gasteiger partial charge >= 0.3 is 0 Å². The van der Waals surface area contributed by atoms with Gasteiger partial charge in [0.05, 0.1) is 27.4 Å². The van der Waals surface area contributed by atoms with Crippen molar-refractivity contribution in [1.29, 1.82) is 0 Å². The lowest BCUT2D eigenvalue weighted by Crippen LogP contribution is -2.33. The summed E-state index contributed by atoms with van der Waals surface area (Å²) < 4.78 is 1.43. The van der Waals surface area contributed by atoms with Crippen molar-refractivity contribution in [2.24, 2.45) is 0 Å². The number of hydrogen-bond donors (Lipinski definition) is 2. The molecule has 1 aromatic heterocycles. The van der Waals surface area contributed by atoms with Gasteiger partial charge in [0.1, 0.15) is 6.54 Å². The standard InChI is InChI=1S/C16H11Cl3N4O2/c17-9-5-11(18)16(12(19)6-9)22-21-15(25)8-23-13-4-2-1-3-10(13)14(24)7-20-23/h1-7,22H,8H2,(H,21,25). The Bertz CT molecular complexity index is 997. The van der Waals surface area contributed by atoms with E-state index in [-0.39, 0.29) is 22.0 Å². The third kappa shape index (κ3) is 3.87. The molecule has 1 amide bonds. The van der Waals surface area contributed by atoms with Crippen molar-refractivity contribution < 1.29 is 4.79 Å². The Hall–Kier alpha value is -2.28. The van der Waals surface area contributed by atoms with E-state index in [1.165, 1.54) is 23.0 Å². The van der Waals surface area contributed by atoms with Crippen molar-refractivity contribution in [2.75, 3.05) is 5.43 Å². The molecule has 0 fully saturated rings. The van der Waals surface area contributed by atoms with Crippen molar-refractivity contribution in [3.05, 3.63) is 67.9 Å². The van der Waals surface area contributed by atoms with Gasteiger partial charge in [-0.05, 0) is 24.3 Å². The lowest BCUT2D eigenvalue weighted by Gasteiger charge is -2.13. The molecule has 2 N–H and O–H groups in total. The first-order valence-corrected chi connectivity index (χ1v) is 8.23. The zero-order valence-electron chi connectivity index (χ0n) is 12.6. The smallest absolute Gasteiger partial charge is 0.260 e. The molecular formula is C16H11Cl3N4O2. The van der Waals surface area contributed by atoms with Crippen LogP contribution >= 0.6 is 34.8 Å². The zero-order chi connectivity index (χ0) is 18.0. The highest BCUT2D eigenvalue weighted by atomic mass is 35.5.